The van der Waals surface area contributed by atoms with Crippen molar-refractivity contribution in [3.8, 4) is 12.1 Å². The van der Waals surface area contributed by atoms with Gasteiger partial charge in [0.15, 0.2) is 11.2 Å². The molecule has 0 spiro atoms. The van der Waals surface area contributed by atoms with Gasteiger partial charge in [0.05, 0.1) is 24.2 Å². The lowest BCUT2D eigenvalue weighted by Crippen LogP contribution is -2.47. The summed E-state index contributed by atoms with van der Waals surface area (Å²) in [6.07, 6.45) is 3.87. The average molecular weight is 460 g/mol. The smallest absolute Gasteiger partial charge is 0.176 e. The van der Waals surface area contributed by atoms with Gasteiger partial charge < -0.3 is 4.90 Å². The third kappa shape index (κ3) is 2.89. The molecule has 1 fully saturated rings. The minimum absolute atomic E-state index is 0.0231. The molecule has 30 heavy (non-hydrogen) atoms. The normalized spacial score (nSPS) is 23.8. The molecular weight excluding hydrogens is 438 g/mol. The minimum Gasteiger partial charge on any atom is -0.351 e. The van der Waals surface area contributed by atoms with E-state index in [1.165, 1.54) is 0 Å². The van der Waals surface area contributed by atoms with Crippen molar-refractivity contribution in [2.24, 2.45) is 10.8 Å². The molecule has 5 heteroatoms. The fraction of sp³-hybridized carbons (Fsp3) is 0.320. The number of anilines is 1. The number of halogens is 1. The Morgan fingerprint density at radius 3 is 2.43 bits per heavy atom. The first kappa shape index (κ1) is 20.4. The van der Waals surface area contributed by atoms with E-state index >= 15 is 0 Å². The highest BCUT2D eigenvalue weighted by Crippen LogP contribution is 2.56. The molecule has 4 nitrogen and oxygen atoms in total. The molecule has 2 aliphatic rings. The number of nitriles is 2. The number of nitrogens with zero attached hydrogens (tertiary/aromatic N) is 3. The van der Waals surface area contributed by atoms with Crippen LogP contribution in [0, 0.1) is 33.5 Å². The van der Waals surface area contributed by atoms with Crippen molar-refractivity contribution in [1.29, 1.82) is 10.5 Å². The van der Waals surface area contributed by atoms with E-state index in [0.717, 1.165) is 21.3 Å². The van der Waals surface area contributed by atoms with Crippen molar-refractivity contribution >= 4 is 33.5 Å². The predicted molar refractivity (Wildman–Crippen MR) is 121 cm³/mol. The van der Waals surface area contributed by atoms with Crippen LogP contribution in [0.5, 0.6) is 0 Å². The number of benzene rings is 2. The molecule has 0 amide bonds. The van der Waals surface area contributed by atoms with Crippen LogP contribution in [0.3, 0.4) is 0 Å². The number of rotatable bonds is 2. The number of carbonyl (C=O) groups is 1. The molecule has 2 aromatic carbocycles. The lowest BCUT2D eigenvalue weighted by Gasteiger charge is -2.37. The van der Waals surface area contributed by atoms with Crippen LogP contribution in [-0.2, 0) is 4.79 Å². The Labute approximate surface area is 185 Å². The maximum Gasteiger partial charge on any atom is 0.176 e. The second-order valence-electron chi connectivity index (χ2n) is 8.95. The second kappa shape index (κ2) is 7.11. The summed E-state index contributed by atoms with van der Waals surface area (Å²) in [5, 5.41) is 20.7. The fourth-order valence-corrected chi connectivity index (χ4v) is 5.17. The van der Waals surface area contributed by atoms with Crippen molar-refractivity contribution in [2.75, 3.05) is 4.90 Å². The quantitative estimate of drug-likeness (QED) is 0.597. The number of para-hydroxylation sites is 1. The molecule has 2 heterocycles. The summed E-state index contributed by atoms with van der Waals surface area (Å²) < 4.78 is 0.854. The number of Topliss-reactive ketones (excluding diaryl/α,β-unsaturated/α-hetero) is 1. The largest absolute Gasteiger partial charge is 0.351 e. The molecular formula is C25H22BrN3O. The zero-order valence-electron chi connectivity index (χ0n) is 17.1. The van der Waals surface area contributed by atoms with Crippen molar-refractivity contribution in [3.63, 3.8) is 0 Å². The summed E-state index contributed by atoms with van der Waals surface area (Å²) in [5.41, 5.74) is 0.669. The molecule has 2 aliphatic heterocycles. The number of hydrogen-bond acceptors (Lipinski definition) is 4. The van der Waals surface area contributed by atoms with Crippen molar-refractivity contribution in [3.05, 3.63) is 70.2 Å². The van der Waals surface area contributed by atoms with Crippen LogP contribution in [0.2, 0.25) is 0 Å². The Morgan fingerprint density at radius 2 is 1.80 bits per heavy atom. The van der Waals surface area contributed by atoms with Gasteiger partial charge in [0.25, 0.3) is 0 Å². The van der Waals surface area contributed by atoms with Gasteiger partial charge in [-0.2, -0.15) is 10.5 Å². The van der Waals surface area contributed by atoms with Crippen LogP contribution in [0.4, 0.5) is 5.69 Å². The number of ketones is 1. The maximum absolute atomic E-state index is 13.8. The highest BCUT2D eigenvalue weighted by Gasteiger charge is 2.64. The topological polar surface area (TPSA) is 67.9 Å². The number of carbonyl (C=O) groups excluding carboxylic acids is 1. The number of fused-ring (bicyclic) bond motifs is 3. The van der Waals surface area contributed by atoms with Crippen LogP contribution in [0.25, 0.3) is 6.08 Å². The third-order valence-corrected chi connectivity index (χ3v) is 6.62. The summed E-state index contributed by atoms with van der Waals surface area (Å²) in [6, 6.07) is 19.0. The van der Waals surface area contributed by atoms with E-state index in [1.54, 1.807) is 0 Å². The van der Waals surface area contributed by atoms with E-state index in [0.29, 0.717) is 0 Å². The first-order valence-electron chi connectivity index (χ1n) is 9.92. The highest BCUT2D eigenvalue weighted by molar-refractivity contribution is 9.10. The Balaban J connectivity index is 2.04. The molecule has 1 saturated heterocycles. The molecule has 3 unspecified atom stereocenters. The molecule has 0 N–H and O–H groups in total. The van der Waals surface area contributed by atoms with Crippen LogP contribution in [0.1, 0.15) is 37.8 Å². The summed E-state index contributed by atoms with van der Waals surface area (Å²) in [6.45, 7) is 5.69. The second-order valence-corrected chi connectivity index (χ2v) is 9.87. The first-order valence-corrected chi connectivity index (χ1v) is 10.7. The first-order chi connectivity index (χ1) is 14.2. The van der Waals surface area contributed by atoms with Crippen LogP contribution in [-0.4, -0.2) is 17.9 Å². The van der Waals surface area contributed by atoms with Gasteiger partial charge in [0.2, 0.25) is 0 Å². The molecule has 4 rings (SSSR count). The van der Waals surface area contributed by atoms with Crippen molar-refractivity contribution in [2.45, 2.75) is 38.8 Å². The zero-order valence-corrected chi connectivity index (χ0v) is 18.7. The molecule has 150 valence electrons. The molecule has 3 atom stereocenters. The Hall–Kier alpha value is -2.89. The van der Waals surface area contributed by atoms with E-state index in [4.69, 9.17) is 0 Å². The van der Waals surface area contributed by atoms with Gasteiger partial charge in [-0.3, -0.25) is 4.79 Å². The molecule has 0 aromatic heterocycles. The van der Waals surface area contributed by atoms with E-state index in [9.17, 15) is 15.3 Å². The molecule has 0 aliphatic carbocycles. The van der Waals surface area contributed by atoms with E-state index in [1.807, 2.05) is 86.4 Å². The van der Waals surface area contributed by atoms with Crippen LogP contribution >= 0.6 is 15.9 Å². The summed E-state index contributed by atoms with van der Waals surface area (Å²) in [5.74, 6) is -0.563. The lowest BCUT2D eigenvalue weighted by molar-refractivity contribution is -0.127. The maximum atomic E-state index is 13.8. The molecule has 2 aromatic rings. The van der Waals surface area contributed by atoms with Gasteiger partial charge in [-0.05, 0) is 29.3 Å². The van der Waals surface area contributed by atoms with Gasteiger partial charge in [-0.15, -0.1) is 0 Å². The van der Waals surface area contributed by atoms with Gasteiger partial charge in [-0.1, -0.05) is 79.2 Å². The third-order valence-electron chi connectivity index (χ3n) is 6.13. The molecule has 0 saturated carbocycles. The van der Waals surface area contributed by atoms with Crippen molar-refractivity contribution in [1.82, 2.24) is 0 Å². The summed E-state index contributed by atoms with van der Waals surface area (Å²) in [4.78, 5) is 15.8. The average Bonchev–Trinajstić information content (AvgIpc) is 3.03. The summed E-state index contributed by atoms with van der Waals surface area (Å²) >= 11 is 3.51. The standard InChI is InChI=1S/C25H22BrN3O/c1-24(2,3)23(30)22-21(17-8-6-9-18(26)13-17)25(14-27,15-28)20-12-11-16-7-4-5-10-19(16)29(20)22/h4-13,20-22H,1-3H3. The monoisotopic (exact) mass is 459 g/mol. The van der Waals surface area contributed by atoms with Crippen LogP contribution < -0.4 is 4.90 Å². The molecule has 0 radical (unpaired) electrons. The lowest BCUT2D eigenvalue weighted by atomic mass is 9.68. The minimum atomic E-state index is -1.39. The summed E-state index contributed by atoms with van der Waals surface area (Å²) in [7, 11) is 0. The number of hydrogen-bond donors (Lipinski definition) is 0. The van der Waals surface area contributed by atoms with E-state index in [-0.39, 0.29) is 5.78 Å². The Kier molecular flexibility index (Phi) is 4.83. The molecule has 0 bridgehead atoms. The zero-order chi connectivity index (χ0) is 21.7. The predicted octanol–water partition coefficient (Wildman–Crippen LogP) is 5.47. The van der Waals surface area contributed by atoms with Gasteiger partial charge >= 0.3 is 0 Å². The Morgan fingerprint density at radius 1 is 1.10 bits per heavy atom. The van der Waals surface area contributed by atoms with Gasteiger partial charge in [0, 0.05) is 21.5 Å². The van der Waals surface area contributed by atoms with Gasteiger partial charge in [0.1, 0.15) is 0 Å². The van der Waals surface area contributed by atoms with E-state index < -0.39 is 28.8 Å². The van der Waals surface area contributed by atoms with Crippen molar-refractivity contribution < 1.29 is 4.79 Å². The highest BCUT2D eigenvalue weighted by atomic mass is 79.9. The fourth-order valence-electron chi connectivity index (χ4n) is 4.75. The van der Waals surface area contributed by atoms with E-state index in [2.05, 4.69) is 28.1 Å². The van der Waals surface area contributed by atoms with Crippen LogP contribution in [0.15, 0.2) is 59.1 Å². The Bertz CT molecular complexity index is 1120. The SMILES string of the molecule is CC(C)(C)C(=O)C1C(c2cccc(Br)c2)C(C#N)(C#N)C2C=Cc3ccccc3N12. The van der Waals surface area contributed by atoms with Gasteiger partial charge in [-0.25, -0.2) is 0 Å².